The molecule has 8 nitrogen and oxygen atoms in total. The van der Waals surface area contributed by atoms with Crippen LogP contribution in [0.3, 0.4) is 0 Å². The second-order valence-electron chi connectivity index (χ2n) is 7.76. The third-order valence-electron chi connectivity index (χ3n) is 4.41. The number of amides is 1. The Labute approximate surface area is 179 Å². The molecule has 10 heteroatoms. The molecular weight excluding hydrogens is 455 g/mol. The monoisotopic (exact) mass is 472 g/mol. The highest BCUT2D eigenvalue weighted by Crippen LogP contribution is 2.26. The number of carbonyl (C=O) groups is 1. The maximum atomic E-state index is 14.7. The number of hydrogen-bond acceptors (Lipinski definition) is 6. The van der Waals surface area contributed by atoms with E-state index in [0.717, 1.165) is 9.99 Å². The molecule has 30 heavy (non-hydrogen) atoms. The Morgan fingerprint density at radius 3 is 2.80 bits per heavy atom. The standard InChI is InChI=1S/C20H18BrFN6O2/c1-20(2,3)19-26-17(27-30-19)18(29)23-8-12-5-4-11(6-14(12)22)16-15-7-13(21)9-28(15)25-10-24-16/h4-7,9-10H,8H2,1-3H3,(H,23,29). The Morgan fingerprint density at radius 2 is 2.10 bits per heavy atom. The molecule has 0 spiro atoms. The summed E-state index contributed by atoms with van der Waals surface area (Å²) < 4.78 is 22.3. The number of nitrogens with zero attached hydrogens (tertiary/aromatic N) is 5. The number of rotatable bonds is 4. The van der Waals surface area contributed by atoms with Gasteiger partial charge in [0.1, 0.15) is 12.1 Å². The van der Waals surface area contributed by atoms with E-state index in [4.69, 9.17) is 4.52 Å². The van der Waals surface area contributed by atoms with Gasteiger partial charge in [-0.25, -0.2) is 13.9 Å². The Balaban J connectivity index is 1.51. The lowest BCUT2D eigenvalue weighted by molar-refractivity contribution is 0.0937. The molecular formula is C20H18BrFN6O2. The molecule has 0 aliphatic carbocycles. The zero-order valence-corrected chi connectivity index (χ0v) is 18.1. The van der Waals surface area contributed by atoms with Gasteiger partial charge in [-0.2, -0.15) is 10.1 Å². The van der Waals surface area contributed by atoms with Crippen molar-refractivity contribution in [3.63, 3.8) is 0 Å². The molecule has 4 rings (SSSR count). The van der Waals surface area contributed by atoms with Gasteiger partial charge in [-0.1, -0.05) is 38.1 Å². The van der Waals surface area contributed by atoms with Gasteiger partial charge in [-0.15, -0.1) is 0 Å². The summed E-state index contributed by atoms with van der Waals surface area (Å²) in [7, 11) is 0. The van der Waals surface area contributed by atoms with Crippen LogP contribution in [0.1, 0.15) is 42.8 Å². The van der Waals surface area contributed by atoms with Crippen molar-refractivity contribution in [1.82, 2.24) is 30.1 Å². The molecule has 0 radical (unpaired) electrons. The van der Waals surface area contributed by atoms with Crippen LogP contribution in [-0.2, 0) is 12.0 Å². The Bertz CT molecular complexity index is 1240. The smallest absolute Gasteiger partial charge is 0.292 e. The van der Waals surface area contributed by atoms with E-state index in [-0.39, 0.29) is 17.8 Å². The van der Waals surface area contributed by atoms with E-state index in [1.807, 2.05) is 26.8 Å². The predicted molar refractivity (Wildman–Crippen MR) is 110 cm³/mol. The zero-order chi connectivity index (χ0) is 21.5. The van der Waals surface area contributed by atoms with Gasteiger partial charge in [0, 0.05) is 33.8 Å². The van der Waals surface area contributed by atoms with Gasteiger partial charge in [0.15, 0.2) is 0 Å². The van der Waals surface area contributed by atoms with Gasteiger partial charge in [-0.05, 0) is 28.1 Å². The van der Waals surface area contributed by atoms with Crippen LogP contribution in [0.15, 0.2) is 45.8 Å². The van der Waals surface area contributed by atoms with Crippen molar-refractivity contribution in [2.45, 2.75) is 32.7 Å². The number of hydrogen-bond donors (Lipinski definition) is 1. The first-order valence-corrected chi connectivity index (χ1v) is 9.92. The largest absolute Gasteiger partial charge is 0.345 e. The highest BCUT2D eigenvalue weighted by atomic mass is 79.9. The predicted octanol–water partition coefficient (Wildman–Crippen LogP) is 3.91. The van der Waals surface area contributed by atoms with Crippen molar-refractivity contribution >= 4 is 27.4 Å². The summed E-state index contributed by atoms with van der Waals surface area (Å²) in [4.78, 5) is 20.6. The van der Waals surface area contributed by atoms with Crippen molar-refractivity contribution in [1.29, 1.82) is 0 Å². The number of aromatic nitrogens is 5. The second-order valence-corrected chi connectivity index (χ2v) is 8.67. The van der Waals surface area contributed by atoms with E-state index in [2.05, 4.69) is 41.5 Å². The van der Waals surface area contributed by atoms with Crippen molar-refractivity contribution < 1.29 is 13.7 Å². The number of benzene rings is 1. The summed E-state index contributed by atoms with van der Waals surface area (Å²) >= 11 is 3.40. The van der Waals surface area contributed by atoms with Crippen LogP contribution in [0.25, 0.3) is 16.8 Å². The number of halogens is 2. The Hall–Kier alpha value is -3.14. The number of nitrogens with one attached hydrogen (secondary N) is 1. The van der Waals surface area contributed by atoms with Crippen molar-refractivity contribution in [3.8, 4) is 11.3 Å². The van der Waals surface area contributed by atoms with Crippen LogP contribution < -0.4 is 5.32 Å². The van der Waals surface area contributed by atoms with E-state index < -0.39 is 11.7 Å². The van der Waals surface area contributed by atoms with E-state index >= 15 is 0 Å². The average molecular weight is 473 g/mol. The summed E-state index contributed by atoms with van der Waals surface area (Å²) in [5.74, 6) is -0.720. The molecule has 0 unspecified atom stereocenters. The fourth-order valence-corrected chi connectivity index (χ4v) is 3.24. The average Bonchev–Trinajstić information content (AvgIpc) is 3.32. The summed E-state index contributed by atoms with van der Waals surface area (Å²) in [6, 6.07) is 6.60. The van der Waals surface area contributed by atoms with E-state index in [9.17, 15) is 9.18 Å². The summed E-state index contributed by atoms with van der Waals surface area (Å²) in [6.07, 6.45) is 3.21. The Kier molecular flexibility index (Phi) is 5.10. The molecule has 4 aromatic rings. The van der Waals surface area contributed by atoms with Crippen LogP contribution in [0.5, 0.6) is 0 Å². The van der Waals surface area contributed by atoms with Crippen molar-refractivity contribution in [2.24, 2.45) is 0 Å². The molecule has 3 heterocycles. The fraction of sp³-hybridized carbons (Fsp3) is 0.250. The van der Waals surface area contributed by atoms with Crippen LogP contribution in [0.4, 0.5) is 4.39 Å². The van der Waals surface area contributed by atoms with Crippen LogP contribution in [0, 0.1) is 5.82 Å². The number of carbonyl (C=O) groups excluding carboxylic acids is 1. The van der Waals surface area contributed by atoms with E-state index in [1.54, 1.807) is 22.8 Å². The third-order valence-corrected chi connectivity index (χ3v) is 4.84. The highest BCUT2D eigenvalue weighted by Gasteiger charge is 2.24. The topological polar surface area (TPSA) is 98.2 Å². The van der Waals surface area contributed by atoms with Crippen LogP contribution in [0.2, 0.25) is 0 Å². The molecule has 3 aromatic heterocycles. The first-order valence-electron chi connectivity index (χ1n) is 9.12. The van der Waals surface area contributed by atoms with Crippen LogP contribution in [-0.4, -0.2) is 30.6 Å². The molecule has 1 N–H and O–H groups in total. The highest BCUT2D eigenvalue weighted by molar-refractivity contribution is 9.10. The van der Waals surface area contributed by atoms with Gasteiger partial charge in [0.2, 0.25) is 5.89 Å². The quantitative estimate of drug-likeness (QED) is 0.483. The second kappa shape index (κ2) is 7.60. The van der Waals surface area contributed by atoms with Gasteiger partial charge >= 0.3 is 0 Å². The minimum atomic E-state index is -0.534. The molecule has 0 aliphatic rings. The van der Waals surface area contributed by atoms with E-state index in [0.29, 0.717) is 22.7 Å². The molecule has 0 fully saturated rings. The van der Waals surface area contributed by atoms with Gasteiger partial charge in [0.05, 0.1) is 11.2 Å². The lowest BCUT2D eigenvalue weighted by Gasteiger charge is -2.10. The molecule has 0 bridgehead atoms. The summed E-state index contributed by atoms with van der Waals surface area (Å²) in [5, 5.41) is 10.4. The minimum Gasteiger partial charge on any atom is -0.345 e. The number of fused-ring (bicyclic) bond motifs is 1. The minimum absolute atomic E-state index is 0.0137. The Morgan fingerprint density at radius 1 is 1.30 bits per heavy atom. The molecule has 1 aromatic carbocycles. The van der Waals surface area contributed by atoms with E-state index in [1.165, 1.54) is 12.4 Å². The molecule has 0 saturated heterocycles. The van der Waals surface area contributed by atoms with Crippen molar-refractivity contribution in [3.05, 3.63) is 64.4 Å². The maximum absolute atomic E-state index is 14.7. The van der Waals surface area contributed by atoms with Crippen LogP contribution >= 0.6 is 15.9 Å². The SMILES string of the molecule is CC(C)(C)c1nc(C(=O)NCc2ccc(-c3ncnn4cc(Br)cc34)cc2F)no1. The maximum Gasteiger partial charge on any atom is 0.292 e. The fourth-order valence-electron chi connectivity index (χ4n) is 2.83. The summed E-state index contributed by atoms with van der Waals surface area (Å²) in [6.45, 7) is 5.69. The normalized spacial score (nSPS) is 11.8. The first kappa shape index (κ1) is 20.1. The summed E-state index contributed by atoms with van der Waals surface area (Å²) in [5.41, 5.74) is 1.92. The third kappa shape index (κ3) is 3.95. The lowest BCUT2D eigenvalue weighted by atomic mass is 9.97. The molecule has 154 valence electrons. The first-order chi connectivity index (χ1) is 14.2. The van der Waals surface area contributed by atoms with Crippen molar-refractivity contribution in [2.75, 3.05) is 0 Å². The molecule has 1 amide bonds. The molecule has 0 atom stereocenters. The lowest BCUT2D eigenvalue weighted by Crippen LogP contribution is -2.24. The molecule has 0 saturated carbocycles. The van der Waals surface area contributed by atoms with Gasteiger partial charge in [-0.3, -0.25) is 4.79 Å². The van der Waals surface area contributed by atoms with Gasteiger partial charge < -0.3 is 9.84 Å². The molecule has 0 aliphatic heterocycles. The van der Waals surface area contributed by atoms with Gasteiger partial charge in [0.25, 0.3) is 11.7 Å². The zero-order valence-electron chi connectivity index (χ0n) is 16.5.